The van der Waals surface area contributed by atoms with Crippen LogP contribution in [0.2, 0.25) is 0 Å². The van der Waals surface area contributed by atoms with Crippen LogP contribution in [0.5, 0.6) is 0 Å². The van der Waals surface area contributed by atoms with Gasteiger partial charge in [-0.05, 0) is 0 Å². The fraction of sp³-hybridized carbons (Fsp3) is 0.0909. The fourth-order valence-electron chi connectivity index (χ4n) is 3.65. The number of hydrogen-bond donors (Lipinski definition) is 5. The molecule has 0 aliphatic heterocycles. The maximum absolute atomic E-state index is 7.91. The van der Waals surface area contributed by atoms with Crippen molar-refractivity contribution in [2.45, 2.75) is 0 Å². The maximum atomic E-state index is 7.91. The molecule has 0 amide bonds. The molecule has 0 aromatic heterocycles. The Morgan fingerprint density at radius 3 is 1.46 bits per heavy atom. The zero-order valence-corrected chi connectivity index (χ0v) is 16.7. The summed E-state index contributed by atoms with van der Waals surface area (Å²) in [5.41, 5.74) is 5.32. The Morgan fingerprint density at radius 1 is 0.714 bits per heavy atom. The molecule has 0 aliphatic rings. The van der Waals surface area contributed by atoms with Gasteiger partial charge in [-0.2, -0.15) is 0 Å². The Labute approximate surface area is 166 Å². The summed E-state index contributed by atoms with van der Waals surface area (Å²) in [7, 11) is -2.30. The zero-order valence-electron chi connectivity index (χ0n) is 15.7. The predicted molar refractivity (Wildman–Crippen MR) is 122 cm³/mol. The molecule has 28 heavy (non-hydrogen) atoms. The number of hydrogen-bond acceptors (Lipinski definition) is 2. The topological polar surface area (TPSA) is 97.8 Å². The van der Waals surface area contributed by atoms with Gasteiger partial charge >= 0.3 is 166 Å². The third kappa shape index (κ3) is 4.38. The molecule has 0 aliphatic carbocycles. The molecule has 0 spiro atoms. The molecule has 0 saturated heterocycles. The average molecular weight is 391 g/mol. The van der Waals surface area contributed by atoms with Crippen LogP contribution in [0.3, 0.4) is 0 Å². The number of nitrogens with two attached hydrogens (primary N) is 1. The molecule has 6 heteroatoms. The quantitative estimate of drug-likeness (QED) is 0.251. The van der Waals surface area contributed by atoms with Gasteiger partial charge in [0.05, 0.1) is 0 Å². The molecule has 3 aromatic carbocycles. The van der Waals surface area contributed by atoms with E-state index in [9.17, 15) is 0 Å². The molecule has 0 bridgehead atoms. The second-order valence-electron chi connectivity index (χ2n) is 6.59. The van der Waals surface area contributed by atoms with Crippen molar-refractivity contribution in [3.63, 3.8) is 0 Å². The zero-order chi connectivity index (χ0) is 19.8. The van der Waals surface area contributed by atoms with Crippen LogP contribution in [-0.4, -0.2) is 24.6 Å². The van der Waals surface area contributed by atoms with Crippen molar-refractivity contribution in [3.8, 4) is 0 Å². The third-order valence-corrected chi connectivity index (χ3v) is 9.82. The van der Waals surface area contributed by atoms with Crippen LogP contribution in [0.25, 0.3) is 0 Å². The summed E-state index contributed by atoms with van der Waals surface area (Å²) < 4.78 is 0. The molecule has 0 unspecified atom stereocenters. The molecular weight excluding hydrogens is 365 g/mol. The van der Waals surface area contributed by atoms with Crippen LogP contribution >= 0.6 is 7.26 Å². The standard InChI is InChI=1S/C22H26N5P/c23-21(24)27-22(25)26-16-17-28(18-10-4-1-5-11-18,19-12-6-2-7-13-19)20-14-8-3-9-15-20/h1-15,28H,16-17H2,(H6,23,24,25,26,27). The SMILES string of the molecule is N=C(N)NC(=N)NCC[PH](c1ccccc1)(c1ccccc1)c1ccccc1. The van der Waals surface area contributed by atoms with E-state index in [4.69, 9.17) is 16.6 Å². The summed E-state index contributed by atoms with van der Waals surface area (Å²) >= 11 is 0. The molecule has 6 N–H and O–H groups in total. The minimum absolute atomic E-state index is 0.0459. The normalized spacial score (nSPS) is 11.4. The van der Waals surface area contributed by atoms with Gasteiger partial charge in [0.1, 0.15) is 0 Å². The van der Waals surface area contributed by atoms with E-state index < -0.39 is 7.26 Å². The third-order valence-electron chi connectivity index (χ3n) is 4.86. The number of nitrogens with one attached hydrogen (secondary N) is 4. The van der Waals surface area contributed by atoms with Crippen LogP contribution in [0.4, 0.5) is 0 Å². The summed E-state index contributed by atoms with van der Waals surface area (Å²) in [4.78, 5) is 0. The second-order valence-corrected chi connectivity index (χ2v) is 10.6. The molecule has 3 rings (SSSR count). The Bertz CT molecular complexity index is 817. The van der Waals surface area contributed by atoms with E-state index in [2.05, 4.69) is 83.4 Å². The first kappa shape index (κ1) is 19.6. The van der Waals surface area contributed by atoms with Crippen molar-refractivity contribution in [2.75, 3.05) is 12.7 Å². The summed E-state index contributed by atoms with van der Waals surface area (Å²) in [5, 5.41) is 24.8. The van der Waals surface area contributed by atoms with Crippen LogP contribution in [0.1, 0.15) is 0 Å². The number of benzene rings is 3. The predicted octanol–water partition coefficient (Wildman–Crippen LogP) is 1.72. The van der Waals surface area contributed by atoms with Gasteiger partial charge in [0.2, 0.25) is 0 Å². The molecule has 5 nitrogen and oxygen atoms in total. The molecule has 0 atom stereocenters. The first-order chi connectivity index (χ1) is 13.6. The summed E-state index contributed by atoms with van der Waals surface area (Å²) in [6.07, 6.45) is 0.868. The Kier molecular flexibility index (Phi) is 6.41. The van der Waals surface area contributed by atoms with Crippen molar-refractivity contribution in [1.82, 2.24) is 10.6 Å². The summed E-state index contributed by atoms with van der Waals surface area (Å²) in [5.74, 6) is -0.195. The van der Waals surface area contributed by atoms with Crippen LogP contribution in [0, 0.1) is 10.8 Å². The van der Waals surface area contributed by atoms with E-state index >= 15 is 0 Å². The van der Waals surface area contributed by atoms with Gasteiger partial charge in [0.15, 0.2) is 0 Å². The van der Waals surface area contributed by atoms with E-state index in [0.29, 0.717) is 6.54 Å². The van der Waals surface area contributed by atoms with Crippen LogP contribution in [0.15, 0.2) is 91.0 Å². The fourth-order valence-corrected chi connectivity index (χ4v) is 8.31. The van der Waals surface area contributed by atoms with Gasteiger partial charge in [-0.3, -0.25) is 0 Å². The van der Waals surface area contributed by atoms with E-state index in [-0.39, 0.29) is 11.9 Å². The van der Waals surface area contributed by atoms with E-state index in [1.165, 1.54) is 15.9 Å². The van der Waals surface area contributed by atoms with Crippen molar-refractivity contribution in [2.24, 2.45) is 5.73 Å². The minimum atomic E-state index is -2.30. The number of rotatable bonds is 6. The second kappa shape index (κ2) is 9.16. The molecule has 0 heterocycles. The molecule has 144 valence electrons. The Balaban J connectivity index is 2.04. The van der Waals surface area contributed by atoms with Crippen molar-refractivity contribution >= 4 is 35.1 Å². The molecule has 3 aromatic rings. The van der Waals surface area contributed by atoms with Gasteiger partial charge in [-0.1, -0.05) is 0 Å². The van der Waals surface area contributed by atoms with Crippen LogP contribution < -0.4 is 32.3 Å². The van der Waals surface area contributed by atoms with Gasteiger partial charge < -0.3 is 0 Å². The van der Waals surface area contributed by atoms with Gasteiger partial charge in [-0.15, -0.1) is 0 Å². The van der Waals surface area contributed by atoms with E-state index in [0.717, 1.165) is 6.16 Å². The average Bonchev–Trinajstić information content (AvgIpc) is 2.73. The molecule has 0 radical (unpaired) electrons. The Hall–Kier alpha value is -3.17. The van der Waals surface area contributed by atoms with E-state index in [1.807, 2.05) is 18.2 Å². The van der Waals surface area contributed by atoms with Gasteiger partial charge in [0, 0.05) is 0 Å². The molecule has 0 saturated carbocycles. The van der Waals surface area contributed by atoms with Gasteiger partial charge in [0.25, 0.3) is 0 Å². The first-order valence-corrected chi connectivity index (χ1v) is 11.4. The summed E-state index contributed by atoms with van der Waals surface area (Å²) in [6.45, 7) is 0.601. The van der Waals surface area contributed by atoms with Gasteiger partial charge in [-0.25, -0.2) is 0 Å². The van der Waals surface area contributed by atoms with Crippen molar-refractivity contribution in [3.05, 3.63) is 91.0 Å². The molecular formula is C22H26N5P. The van der Waals surface area contributed by atoms with Crippen LogP contribution in [-0.2, 0) is 0 Å². The van der Waals surface area contributed by atoms with E-state index in [1.54, 1.807) is 0 Å². The molecule has 0 fully saturated rings. The van der Waals surface area contributed by atoms with Crippen molar-refractivity contribution < 1.29 is 0 Å². The monoisotopic (exact) mass is 391 g/mol. The first-order valence-electron chi connectivity index (χ1n) is 9.23. The summed E-state index contributed by atoms with van der Waals surface area (Å²) in [6, 6.07) is 32.0. The number of guanidine groups is 2. The van der Waals surface area contributed by atoms with Crippen molar-refractivity contribution in [1.29, 1.82) is 10.8 Å². The Morgan fingerprint density at radius 2 is 1.11 bits per heavy atom.